The summed E-state index contributed by atoms with van der Waals surface area (Å²) in [6, 6.07) is 13.1. The standard InChI is InChI=1S/C14H10Cl2N2S/c1-19-14-4-2-3-12(10(14)8-17)18-13-6-5-9(15)7-11(13)16/h2-7,18H,1H3. The lowest BCUT2D eigenvalue weighted by atomic mass is 10.2. The third-order valence-corrected chi connectivity index (χ3v) is 3.89. The molecule has 19 heavy (non-hydrogen) atoms. The van der Waals surface area contributed by atoms with Crippen molar-refractivity contribution in [1.29, 1.82) is 5.26 Å². The van der Waals surface area contributed by atoms with Crippen molar-refractivity contribution in [2.24, 2.45) is 0 Å². The van der Waals surface area contributed by atoms with E-state index in [0.717, 1.165) is 16.3 Å². The fraction of sp³-hybridized carbons (Fsp3) is 0.0714. The zero-order valence-corrected chi connectivity index (χ0v) is 12.4. The van der Waals surface area contributed by atoms with Gasteiger partial charge in [0, 0.05) is 9.92 Å². The molecule has 1 N–H and O–H groups in total. The molecule has 96 valence electrons. The van der Waals surface area contributed by atoms with Crippen molar-refractivity contribution in [3.8, 4) is 6.07 Å². The molecule has 2 rings (SSSR count). The lowest BCUT2D eigenvalue weighted by molar-refractivity contribution is 1.36. The number of thioether (sulfide) groups is 1. The fourth-order valence-corrected chi connectivity index (χ4v) is 2.69. The number of nitriles is 1. The Kier molecular flexibility index (Phi) is 4.60. The molecule has 0 bridgehead atoms. The topological polar surface area (TPSA) is 35.8 Å². The molecule has 2 aromatic rings. The molecule has 2 nitrogen and oxygen atoms in total. The minimum Gasteiger partial charge on any atom is -0.353 e. The Hall–Kier alpha value is -1.34. The Morgan fingerprint density at radius 1 is 1.16 bits per heavy atom. The SMILES string of the molecule is CSc1cccc(Nc2ccc(Cl)cc2Cl)c1C#N. The van der Waals surface area contributed by atoms with Crippen molar-refractivity contribution in [3.63, 3.8) is 0 Å². The van der Waals surface area contributed by atoms with Crippen LogP contribution >= 0.6 is 35.0 Å². The van der Waals surface area contributed by atoms with E-state index in [0.29, 0.717) is 15.6 Å². The van der Waals surface area contributed by atoms with E-state index in [1.54, 1.807) is 18.2 Å². The number of halogens is 2. The fourth-order valence-electron chi connectivity index (χ4n) is 1.66. The average Bonchev–Trinajstić information content (AvgIpc) is 2.41. The maximum Gasteiger partial charge on any atom is 0.103 e. The molecular weight excluding hydrogens is 299 g/mol. The van der Waals surface area contributed by atoms with Crippen LogP contribution in [0.3, 0.4) is 0 Å². The van der Waals surface area contributed by atoms with Gasteiger partial charge in [-0.2, -0.15) is 5.26 Å². The van der Waals surface area contributed by atoms with E-state index in [-0.39, 0.29) is 0 Å². The highest BCUT2D eigenvalue weighted by atomic mass is 35.5. The lowest BCUT2D eigenvalue weighted by Gasteiger charge is -2.12. The van der Waals surface area contributed by atoms with Gasteiger partial charge in [-0.3, -0.25) is 0 Å². The van der Waals surface area contributed by atoms with Gasteiger partial charge in [-0.15, -0.1) is 11.8 Å². The van der Waals surface area contributed by atoms with Crippen molar-refractivity contribution in [1.82, 2.24) is 0 Å². The quantitative estimate of drug-likeness (QED) is 0.778. The Bertz CT molecular complexity index is 650. The second kappa shape index (κ2) is 6.21. The minimum atomic E-state index is 0.519. The van der Waals surface area contributed by atoms with Crippen LogP contribution < -0.4 is 5.32 Å². The van der Waals surface area contributed by atoms with Crippen LogP contribution in [0.1, 0.15) is 5.56 Å². The van der Waals surface area contributed by atoms with Crippen molar-refractivity contribution >= 4 is 46.3 Å². The van der Waals surface area contributed by atoms with Crippen LogP contribution in [-0.4, -0.2) is 6.26 Å². The summed E-state index contributed by atoms with van der Waals surface area (Å²) in [4.78, 5) is 0.928. The predicted molar refractivity (Wildman–Crippen MR) is 82.7 cm³/mol. The van der Waals surface area contributed by atoms with Gasteiger partial charge in [-0.1, -0.05) is 29.3 Å². The largest absolute Gasteiger partial charge is 0.353 e. The van der Waals surface area contributed by atoms with Gasteiger partial charge in [0.2, 0.25) is 0 Å². The Balaban J connectivity index is 2.41. The molecule has 0 amide bonds. The summed E-state index contributed by atoms with van der Waals surface area (Å²) in [6.45, 7) is 0. The lowest BCUT2D eigenvalue weighted by Crippen LogP contribution is -1.95. The van der Waals surface area contributed by atoms with Gasteiger partial charge in [-0.25, -0.2) is 0 Å². The number of benzene rings is 2. The van der Waals surface area contributed by atoms with E-state index in [2.05, 4.69) is 11.4 Å². The smallest absolute Gasteiger partial charge is 0.103 e. The van der Waals surface area contributed by atoms with Crippen molar-refractivity contribution in [2.45, 2.75) is 4.90 Å². The first-order valence-corrected chi connectivity index (χ1v) is 7.43. The van der Waals surface area contributed by atoms with Crippen LogP contribution in [0.5, 0.6) is 0 Å². The van der Waals surface area contributed by atoms with Gasteiger partial charge in [-0.05, 0) is 36.6 Å². The summed E-state index contributed by atoms with van der Waals surface area (Å²) in [6.07, 6.45) is 1.94. The number of anilines is 2. The summed E-state index contributed by atoms with van der Waals surface area (Å²) in [7, 11) is 0. The molecule has 0 saturated carbocycles. The monoisotopic (exact) mass is 308 g/mol. The Labute approximate surface area is 126 Å². The molecule has 0 radical (unpaired) electrons. The number of hydrogen-bond donors (Lipinski definition) is 1. The van der Waals surface area contributed by atoms with Gasteiger partial charge in [0.05, 0.1) is 22.0 Å². The van der Waals surface area contributed by atoms with Gasteiger partial charge in [0.15, 0.2) is 0 Å². The van der Waals surface area contributed by atoms with E-state index in [1.807, 2.05) is 24.5 Å². The third kappa shape index (κ3) is 3.16. The van der Waals surface area contributed by atoms with E-state index in [4.69, 9.17) is 23.2 Å². The molecule has 0 aliphatic rings. The van der Waals surface area contributed by atoms with E-state index >= 15 is 0 Å². The molecule has 0 aliphatic heterocycles. The molecule has 0 heterocycles. The summed E-state index contributed by atoms with van der Waals surface area (Å²) >= 11 is 13.5. The molecule has 0 saturated heterocycles. The summed E-state index contributed by atoms with van der Waals surface area (Å²) < 4.78 is 0. The van der Waals surface area contributed by atoms with Crippen molar-refractivity contribution < 1.29 is 0 Å². The van der Waals surface area contributed by atoms with Gasteiger partial charge in [0.25, 0.3) is 0 Å². The zero-order valence-electron chi connectivity index (χ0n) is 10.1. The number of rotatable bonds is 3. The van der Waals surface area contributed by atoms with Gasteiger partial charge >= 0.3 is 0 Å². The number of nitrogens with zero attached hydrogens (tertiary/aromatic N) is 1. The molecule has 0 fully saturated rings. The van der Waals surface area contributed by atoms with Crippen molar-refractivity contribution in [2.75, 3.05) is 11.6 Å². The first-order chi connectivity index (χ1) is 9.15. The number of nitrogens with one attached hydrogen (secondary N) is 1. The van der Waals surface area contributed by atoms with Gasteiger partial charge < -0.3 is 5.32 Å². The predicted octanol–water partition coefficient (Wildman–Crippen LogP) is 5.33. The van der Waals surface area contributed by atoms with Crippen molar-refractivity contribution in [3.05, 3.63) is 52.0 Å². The molecule has 0 aromatic heterocycles. The normalized spacial score (nSPS) is 10.0. The molecule has 0 spiro atoms. The van der Waals surface area contributed by atoms with E-state index in [1.165, 1.54) is 11.8 Å². The zero-order chi connectivity index (χ0) is 13.8. The molecule has 0 aliphatic carbocycles. The molecular formula is C14H10Cl2N2S. The summed E-state index contributed by atoms with van der Waals surface area (Å²) in [5.74, 6) is 0. The summed E-state index contributed by atoms with van der Waals surface area (Å²) in [5.41, 5.74) is 2.07. The first-order valence-electron chi connectivity index (χ1n) is 5.45. The summed E-state index contributed by atoms with van der Waals surface area (Å²) in [5, 5.41) is 13.5. The van der Waals surface area contributed by atoms with E-state index < -0.39 is 0 Å². The molecule has 0 atom stereocenters. The molecule has 2 aromatic carbocycles. The number of hydrogen-bond acceptors (Lipinski definition) is 3. The molecule has 0 unspecified atom stereocenters. The highest BCUT2D eigenvalue weighted by molar-refractivity contribution is 7.98. The van der Waals surface area contributed by atoms with Crippen LogP contribution in [0, 0.1) is 11.3 Å². The maximum atomic E-state index is 9.26. The molecule has 5 heteroatoms. The second-order valence-corrected chi connectivity index (χ2v) is 5.44. The highest BCUT2D eigenvalue weighted by Crippen LogP contribution is 2.32. The third-order valence-electron chi connectivity index (χ3n) is 2.56. The highest BCUT2D eigenvalue weighted by Gasteiger charge is 2.09. The van der Waals surface area contributed by atoms with Crippen LogP contribution in [0.2, 0.25) is 10.0 Å². The van der Waals surface area contributed by atoms with Gasteiger partial charge in [0.1, 0.15) is 6.07 Å². The Morgan fingerprint density at radius 3 is 2.58 bits per heavy atom. The average molecular weight is 309 g/mol. The van der Waals surface area contributed by atoms with Crippen LogP contribution in [0.25, 0.3) is 0 Å². The first kappa shape index (κ1) is 14.1. The van der Waals surface area contributed by atoms with Crippen LogP contribution in [-0.2, 0) is 0 Å². The minimum absolute atomic E-state index is 0.519. The van der Waals surface area contributed by atoms with Crippen LogP contribution in [0.4, 0.5) is 11.4 Å². The van der Waals surface area contributed by atoms with Crippen LogP contribution in [0.15, 0.2) is 41.3 Å². The maximum absolute atomic E-state index is 9.26. The second-order valence-electron chi connectivity index (χ2n) is 3.74. The van der Waals surface area contributed by atoms with E-state index in [9.17, 15) is 5.26 Å². The Morgan fingerprint density at radius 2 is 1.95 bits per heavy atom.